The molecular weight excluding hydrogens is 330 g/mol. The van der Waals surface area contributed by atoms with Crippen LogP contribution in [0.15, 0.2) is 30.3 Å². The molecule has 1 N–H and O–H groups in total. The van der Waals surface area contributed by atoms with Crippen molar-refractivity contribution in [3.05, 3.63) is 61.2 Å². The van der Waals surface area contributed by atoms with E-state index in [4.69, 9.17) is 0 Å². The molecule has 5 radical (unpaired) electrons. The van der Waals surface area contributed by atoms with Gasteiger partial charge in [-0.05, 0) is 35.2 Å². The van der Waals surface area contributed by atoms with Crippen LogP contribution < -0.4 is 5.30 Å². The van der Waals surface area contributed by atoms with Gasteiger partial charge in [-0.25, -0.2) is 0 Å². The van der Waals surface area contributed by atoms with Gasteiger partial charge in [-0.3, -0.25) is 0 Å². The van der Waals surface area contributed by atoms with Crippen LogP contribution in [0, 0.1) is 30.8 Å². The average molecular weight is 361 g/mol. The van der Waals surface area contributed by atoms with Crippen LogP contribution in [0.5, 0.6) is 0 Å². The summed E-state index contributed by atoms with van der Waals surface area (Å²) in [7, 11) is -1.54. The molecule has 0 heterocycles. The van der Waals surface area contributed by atoms with Crippen LogP contribution in [0.4, 0.5) is 0 Å². The van der Waals surface area contributed by atoms with E-state index in [1.807, 2.05) is 30.3 Å². The molecule has 0 aliphatic heterocycles. The van der Waals surface area contributed by atoms with Crippen molar-refractivity contribution in [1.82, 2.24) is 0 Å². The zero-order chi connectivity index (χ0) is 18.1. The summed E-state index contributed by atoms with van der Waals surface area (Å²) in [6.45, 7) is 16.5. The topological polar surface area (TPSA) is 20.2 Å². The monoisotopic (exact) mass is 361 g/mol. The van der Waals surface area contributed by atoms with Gasteiger partial charge in [-0.1, -0.05) is 86.7 Å². The molecule has 0 unspecified atom stereocenters. The number of benzene rings is 1. The minimum atomic E-state index is -1.27. The Bertz CT molecular complexity index is 501. The van der Waals surface area contributed by atoms with Gasteiger partial charge in [0.1, 0.15) is 0 Å². The largest absolute Gasteiger partial charge is 0.368 e. The molecule has 3 heteroatoms. The molecule has 0 aromatic heterocycles. The highest BCUT2D eigenvalue weighted by atomic mass is 31.1. The maximum atomic E-state index is 11.0. The van der Waals surface area contributed by atoms with Crippen molar-refractivity contribution < 1.29 is 4.89 Å². The lowest BCUT2D eigenvalue weighted by molar-refractivity contribution is 0.634. The Morgan fingerprint density at radius 3 is 1.92 bits per heavy atom. The van der Waals surface area contributed by atoms with Crippen LogP contribution in [-0.2, 0) is 0 Å². The summed E-state index contributed by atoms with van der Waals surface area (Å²) in [5.41, 5.74) is 1.59. The molecule has 1 aliphatic carbocycles. The molecule has 0 saturated heterocycles. The number of rotatable bonds is 4. The molecular formula is C21H31OP2. The fourth-order valence-electron chi connectivity index (χ4n) is 3.99. The molecule has 2 atom stereocenters. The highest BCUT2D eigenvalue weighted by molar-refractivity contribution is 7.64. The molecule has 1 fully saturated rings. The molecule has 0 bridgehead atoms. The molecule has 0 amide bonds. The van der Waals surface area contributed by atoms with E-state index in [0.717, 1.165) is 11.0 Å². The molecule has 1 aliphatic rings. The SMILES string of the molecule is C[C@H]([C]1[CH][CH][CH][C]1[P@@](O)c1ccccc1)P(C(C)(C)C)C(C)(C)C. The molecule has 1 nitrogen and oxygen atoms in total. The lowest BCUT2D eigenvalue weighted by Gasteiger charge is -2.48. The van der Waals surface area contributed by atoms with Crippen LogP contribution >= 0.6 is 16.1 Å². The van der Waals surface area contributed by atoms with Crippen LogP contribution in [0.2, 0.25) is 0 Å². The first-order valence-electron chi connectivity index (χ1n) is 8.62. The van der Waals surface area contributed by atoms with E-state index in [1.165, 1.54) is 5.92 Å². The first-order valence-corrected chi connectivity index (χ1v) is 11.3. The van der Waals surface area contributed by atoms with Gasteiger partial charge in [0.15, 0.2) is 0 Å². The van der Waals surface area contributed by atoms with Gasteiger partial charge in [0.2, 0.25) is 0 Å². The maximum absolute atomic E-state index is 11.0. The first-order chi connectivity index (χ1) is 11.0. The van der Waals surface area contributed by atoms with E-state index in [1.54, 1.807) is 0 Å². The Hall–Kier alpha value is 0.0400. The van der Waals surface area contributed by atoms with Crippen LogP contribution in [0.1, 0.15) is 48.5 Å². The van der Waals surface area contributed by atoms with Gasteiger partial charge in [-0.15, -0.1) is 0 Å². The third kappa shape index (κ3) is 4.60. The lowest BCUT2D eigenvalue weighted by Crippen LogP contribution is -2.34. The van der Waals surface area contributed by atoms with E-state index in [9.17, 15) is 4.89 Å². The Balaban J connectivity index is 2.25. The fraction of sp³-hybridized carbons (Fsp3) is 0.476. The molecule has 1 saturated carbocycles. The van der Waals surface area contributed by atoms with Crippen molar-refractivity contribution in [1.29, 1.82) is 0 Å². The maximum Gasteiger partial charge on any atom is 0.0646 e. The summed E-state index contributed by atoms with van der Waals surface area (Å²) >= 11 is 0. The molecule has 0 spiro atoms. The normalized spacial score (nSPS) is 20.5. The quantitative estimate of drug-likeness (QED) is 0.662. The van der Waals surface area contributed by atoms with E-state index in [0.29, 0.717) is 5.66 Å². The Morgan fingerprint density at radius 2 is 1.42 bits per heavy atom. The van der Waals surface area contributed by atoms with Crippen molar-refractivity contribution in [2.45, 2.75) is 64.4 Å². The highest BCUT2D eigenvalue weighted by Crippen LogP contribution is 2.68. The summed E-state index contributed by atoms with van der Waals surface area (Å²) < 4.78 is 0. The summed E-state index contributed by atoms with van der Waals surface area (Å²) in [6.07, 6.45) is 6.44. The zero-order valence-corrected chi connectivity index (χ0v) is 17.8. The lowest BCUT2D eigenvalue weighted by atomic mass is 10.0. The molecule has 2 rings (SSSR count). The highest BCUT2D eigenvalue weighted by Gasteiger charge is 2.46. The van der Waals surface area contributed by atoms with Crippen molar-refractivity contribution >= 4 is 21.4 Å². The minimum Gasteiger partial charge on any atom is -0.368 e. The molecule has 131 valence electrons. The van der Waals surface area contributed by atoms with E-state index in [2.05, 4.69) is 67.7 Å². The predicted octanol–water partition coefficient (Wildman–Crippen LogP) is 5.90. The van der Waals surface area contributed by atoms with Crippen molar-refractivity contribution in [2.75, 3.05) is 0 Å². The van der Waals surface area contributed by atoms with Crippen LogP contribution in [0.3, 0.4) is 0 Å². The van der Waals surface area contributed by atoms with Gasteiger partial charge < -0.3 is 4.89 Å². The van der Waals surface area contributed by atoms with E-state index >= 15 is 0 Å². The van der Waals surface area contributed by atoms with Crippen molar-refractivity contribution in [3.63, 3.8) is 0 Å². The second kappa shape index (κ2) is 7.73. The Morgan fingerprint density at radius 1 is 0.875 bits per heavy atom. The Labute approximate surface area is 152 Å². The average Bonchev–Trinajstić information content (AvgIpc) is 2.93. The Kier molecular flexibility index (Phi) is 6.56. The predicted molar refractivity (Wildman–Crippen MR) is 110 cm³/mol. The summed E-state index contributed by atoms with van der Waals surface area (Å²) in [6, 6.07) is 10.1. The third-order valence-corrected chi connectivity index (χ3v) is 9.93. The van der Waals surface area contributed by atoms with Crippen LogP contribution in [0.25, 0.3) is 0 Å². The fourth-order valence-corrected chi connectivity index (χ4v) is 10.4. The second-order valence-corrected chi connectivity index (χ2v) is 14.2. The van der Waals surface area contributed by atoms with Gasteiger partial charge in [0, 0.05) is 16.9 Å². The van der Waals surface area contributed by atoms with Gasteiger partial charge >= 0.3 is 0 Å². The van der Waals surface area contributed by atoms with Gasteiger partial charge in [-0.2, -0.15) is 0 Å². The van der Waals surface area contributed by atoms with Gasteiger partial charge in [0.05, 0.1) is 8.15 Å². The minimum absolute atomic E-state index is 0.265. The van der Waals surface area contributed by atoms with Crippen molar-refractivity contribution in [2.24, 2.45) is 0 Å². The molecule has 24 heavy (non-hydrogen) atoms. The van der Waals surface area contributed by atoms with Crippen molar-refractivity contribution in [3.8, 4) is 0 Å². The number of hydrogen-bond donors (Lipinski definition) is 1. The number of hydrogen-bond acceptors (Lipinski definition) is 1. The standard InChI is InChI=1S/C21H31OP2/c1-16(24(20(2,3)4)21(5,6)7)18-14-11-15-19(18)23(22)17-12-9-8-10-13-17/h8-16,22H,1-7H3/t16-,23+/m1/s1. The first kappa shape index (κ1) is 20.4. The second-order valence-electron chi connectivity index (χ2n) is 8.40. The summed E-state index contributed by atoms with van der Waals surface area (Å²) in [5.74, 6) is 1.34. The zero-order valence-electron chi connectivity index (χ0n) is 16.0. The van der Waals surface area contributed by atoms with Gasteiger partial charge in [0.25, 0.3) is 0 Å². The smallest absolute Gasteiger partial charge is 0.0646 e. The third-order valence-electron chi connectivity index (χ3n) is 4.34. The van der Waals surface area contributed by atoms with Crippen LogP contribution in [-0.4, -0.2) is 20.9 Å². The molecule has 1 aromatic rings. The van der Waals surface area contributed by atoms with E-state index in [-0.39, 0.29) is 18.2 Å². The summed E-state index contributed by atoms with van der Waals surface area (Å²) in [5, 5.41) is 1.57. The van der Waals surface area contributed by atoms with E-state index < -0.39 is 8.15 Å². The molecule has 1 aromatic carbocycles. The summed E-state index contributed by atoms with van der Waals surface area (Å²) in [4.78, 5) is 11.0.